The second-order valence-electron chi connectivity index (χ2n) is 4.35. The molecule has 0 spiro atoms. The van der Waals surface area contributed by atoms with Crippen molar-refractivity contribution in [1.82, 2.24) is 0 Å². The Morgan fingerprint density at radius 2 is 1.94 bits per heavy atom. The maximum atomic E-state index is 13.1. The molecule has 1 aromatic rings. The van der Waals surface area contributed by atoms with Gasteiger partial charge >= 0.3 is 0 Å². The normalized spacial score (nSPS) is 14.7. The fourth-order valence-corrected chi connectivity index (χ4v) is 1.62. The third kappa shape index (κ3) is 5.26. The van der Waals surface area contributed by atoms with Gasteiger partial charge in [-0.05, 0) is 24.3 Å². The Bertz CT molecular complexity index is 273. The lowest BCUT2D eigenvalue weighted by molar-refractivity contribution is 0.0799. The third-order valence-electron chi connectivity index (χ3n) is 2.62. The zero-order valence-electron chi connectivity index (χ0n) is 10.2. The highest BCUT2D eigenvalue weighted by atomic mass is 19.1. The minimum atomic E-state index is -0.685. The summed E-state index contributed by atoms with van der Waals surface area (Å²) in [4.78, 5) is 0. The zero-order valence-corrected chi connectivity index (χ0v) is 10.2. The predicted molar refractivity (Wildman–Crippen MR) is 65.1 cm³/mol. The van der Waals surface area contributed by atoms with E-state index < -0.39 is 6.17 Å². The molecule has 0 aromatic heterocycles. The second-order valence-corrected chi connectivity index (χ2v) is 4.35. The van der Waals surface area contributed by atoms with Gasteiger partial charge in [0.2, 0.25) is 0 Å². The van der Waals surface area contributed by atoms with Crippen LogP contribution in [0.5, 0.6) is 0 Å². The summed E-state index contributed by atoms with van der Waals surface area (Å²) >= 11 is 0. The van der Waals surface area contributed by atoms with Crippen molar-refractivity contribution in [2.75, 3.05) is 6.61 Å². The molecule has 0 radical (unpaired) electrons. The van der Waals surface area contributed by atoms with Gasteiger partial charge in [0, 0.05) is 6.61 Å². The number of ether oxygens (including phenoxy) is 1. The lowest BCUT2D eigenvalue weighted by Crippen LogP contribution is -2.11. The van der Waals surface area contributed by atoms with Gasteiger partial charge in [-0.3, -0.25) is 0 Å². The van der Waals surface area contributed by atoms with Crippen LogP contribution in [0.4, 0.5) is 4.39 Å². The molecular weight excluding hydrogens is 203 g/mol. The van der Waals surface area contributed by atoms with Crippen LogP contribution in [0.15, 0.2) is 30.3 Å². The molecule has 90 valence electrons. The lowest BCUT2D eigenvalue weighted by Gasteiger charge is -2.13. The second kappa shape index (κ2) is 7.39. The summed E-state index contributed by atoms with van der Waals surface area (Å²) in [6.07, 6.45) is 0.518. The Kier molecular flexibility index (Phi) is 6.09. The molecule has 0 saturated heterocycles. The van der Waals surface area contributed by atoms with Gasteiger partial charge in [0.15, 0.2) is 0 Å². The van der Waals surface area contributed by atoms with E-state index in [2.05, 4.69) is 0 Å². The molecule has 0 aliphatic heterocycles. The molecule has 0 aliphatic rings. The lowest BCUT2D eigenvalue weighted by atomic mass is 10.0. The van der Waals surface area contributed by atoms with E-state index in [1.165, 1.54) is 5.56 Å². The standard InChI is InChI=1S/C14H21FO/c1-3-14(15)9-12(2)10-16-11-13-7-5-4-6-8-13/h4-8,12,14H,3,9-11H2,1-2H3. The summed E-state index contributed by atoms with van der Waals surface area (Å²) in [6, 6.07) is 10.1. The molecule has 0 N–H and O–H groups in total. The van der Waals surface area contributed by atoms with E-state index in [1.54, 1.807) is 0 Å². The largest absolute Gasteiger partial charge is 0.376 e. The molecule has 0 bridgehead atoms. The molecule has 0 aliphatic carbocycles. The molecule has 0 heterocycles. The molecule has 0 amide bonds. The van der Waals surface area contributed by atoms with Gasteiger partial charge in [-0.1, -0.05) is 44.2 Å². The predicted octanol–water partition coefficient (Wildman–Crippen LogP) is 3.98. The first-order valence-corrected chi connectivity index (χ1v) is 5.98. The Hall–Kier alpha value is -0.890. The fraction of sp³-hybridized carbons (Fsp3) is 0.571. The fourth-order valence-electron chi connectivity index (χ4n) is 1.62. The SMILES string of the molecule is CCC(F)CC(C)COCc1ccccc1. The monoisotopic (exact) mass is 224 g/mol. The maximum absolute atomic E-state index is 13.1. The summed E-state index contributed by atoms with van der Waals surface area (Å²) in [5.41, 5.74) is 1.17. The van der Waals surface area contributed by atoms with E-state index in [1.807, 2.05) is 44.2 Å². The van der Waals surface area contributed by atoms with Crippen molar-refractivity contribution in [3.63, 3.8) is 0 Å². The van der Waals surface area contributed by atoms with Gasteiger partial charge < -0.3 is 4.74 Å². The molecule has 2 atom stereocenters. The molecule has 2 unspecified atom stereocenters. The molecule has 0 saturated carbocycles. The van der Waals surface area contributed by atoms with Gasteiger partial charge in [-0.15, -0.1) is 0 Å². The van der Waals surface area contributed by atoms with E-state index in [0.717, 1.165) is 0 Å². The van der Waals surface area contributed by atoms with Crippen molar-refractivity contribution in [1.29, 1.82) is 0 Å². The van der Waals surface area contributed by atoms with E-state index in [0.29, 0.717) is 32.0 Å². The number of benzene rings is 1. The van der Waals surface area contributed by atoms with Crippen molar-refractivity contribution in [3.8, 4) is 0 Å². The first-order chi connectivity index (χ1) is 7.72. The maximum Gasteiger partial charge on any atom is 0.100 e. The first-order valence-electron chi connectivity index (χ1n) is 5.98. The summed E-state index contributed by atoms with van der Waals surface area (Å²) in [5.74, 6) is 0.290. The summed E-state index contributed by atoms with van der Waals surface area (Å²) in [6.45, 7) is 5.17. The highest BCUT2D eigenvalue weighted by molar-refractivity contribution is 5.13. The molecule has 0 fully saturated rings. The van der Waals surface area contributed by atoms with E-state index in [4.69, 9.17) is 4.74 Å². The minimum absolute atomic E-state index is 0.290. The van der Waals surface area contributed by atoms with Crippen LogP contribution in [0.3, 0.4) is 0 Å². The van der Waals surface area contributed by atoms with Crippen LogP contribution >= 0.6 is 0 Å². The van der Waals surface area contributed by atoms with E-state index in [-0.39, 0.29) is 0 Å². The molecule has 1 nitrogen and oxygen atoms in total. The van der Waals surface area contributed by atoms with Crippen molar-refractivity contribution in [3.05, 3.63) is 35.9 Å². The van der Waals surface area contributed by atoms with Gasteiger partial charge in [0.25, 0.3) is 0 Å². The third-order valence-corrected chi connectivity index (χ3v) is 2.62. The summed E-state index contributed by atoms with van der Waals surface area (Å²) in [5, 5.41) is 0. The summed E-state index contributed by atoms with van der Waals surface area (Å²) < 4.78 is 18.6. The Balaban J connectivity index is 2.15. The number of rotatable bonds is 7. The van der Waals surface area contributed by atoms with Crippen molar-refractivity contribution in [2.45, 2.75) is 39.5 Å². The highest BCUT2D eigenvalue weighted by Gasteiger charge is 2.10. The zero-order chi connectivity index (χ0) is 11.8. The summed E-state index contributed by atoms with van der Waals surface area (Å²) in [7, 11) is 0. The van der Waals surface area contributed by atoms with Crippen LogP contribution in [0, 0.1) is 5.92 Å². The molecule has 1 rings (SSSR count). The molecule has 1 aromatic carbocycles. The Morgan fingerprint density at radius 1 is 1.25 bits per heavy atom. The highest BCUT2D eigenvalue weighted by Crippen LogP contribution is 2.13. The van der Waals surface area contributed by atoms with Gasteiger partial charge in [-0.25, -0.2) is 4.39 Å². The van der Waals surface area contributed by atoms with Crippen LogP contribution < -0.4 is 0 Å². The molecular formula is C14H21FO. The van der Waals surface area contributed by atoms with Crippen molar-refractivity contribution in [2.24, 2.45) is 5.92 Å². The van der Waals surface area contributed by atoms with Crippen LogP contribution in [-0.4, -0.2) is 12.8 Å². The minimum Gasteiger partial charge on any atom is -0.376 e. The van der Waals surface area contributed by atoms with Gasteiger partial charge in [0.05, 0.1) is 6.61 Å². The number of hydrogen-bond acceptors (Lipinski definition) is 1. The van der Waals surface area contributed by atoms with Gasteiger partial charge in [0.1, 0.15) is 6.17 Å². The average molecular weight is 224 g/mol. The number of alkyl halides is 1. The van der Waals surface area contributed by atoms with Crippen LogP contribution in [0.25, 0.3) is 0 Å². The molecule has 2 heteroatoms. The van der Waals surface area contributed by atoms with Crippen LogP contribution in [0.1, 0.15) is 32.3 Å². The smallest absolute Gasteiger partial charge is 0.100 e. The number of hydrogen-bond donors (Lipinski definition) is 0. The number of halogens is 1. The van der Waals surface area contributed by atoms with E-state index >= 15 is 0 Å². The van der Waals surface area contributed by atoms with Crippen molar-refractivity contribution < 1.29 is 9.13 Å². The quantitative estimate of drug-likeness (QED) is 0.680. The van der Waals surface area contributed by atoms with E-state index in [9.17, 15) is 4.39 Å². The first kappa shape index (κ1) is 13.2. The van der Waals surface area contributed by atoms with Gasteiger partial charge in [-0.2, -0.15) is 0 Å². The van der Waals surface area contributed by atoms with Crippen molar-refractivity contribution >= 4 is 0 Å². The topological polar surface area (TPSA) is 9.23 Å². The van der Waals surface area contributed by atoms with Crippen LogP contribution in [0.2, 0.25) is 0 Å². The Labute approximate surface area is 97.6 Å². The molecule has 16 heavy (non-hydrogen) atoms. The average Bonchev–Trinajstić information content (AvgIpc) is 2.30. The Morgan fingerprint density at radius 3 is 2.56 bits per heavy atom. The van der Waals surface area contributed by atoms with Crippen LogP contribution in [-0.2, 0) is 11.3 Å².